The standard InChI is InChI=1S/C15H17NO4/c1-15(2,3)20-12(17)9-11-14(18)19-13(16-11)10-7-5-4-6-8-10/h4-8,11H,9H2,1-3H3/t11-/m1/s1. The van der Waals surface area contributed by atoms with Gasteiger partial charge in [-0.1, -0.05) is 18.2 Å². The molecule has 5 heteroatoms. The first-order valence-electron chi connectivity index (χ1n) is 6.42. The van der Waals surface area contributed by atoms with Crippen LogP contribution < -0.4 is 0 Å². The minimum atomic E-state index is -0.819. The molecule has 0 amide bonds. The predicted molar refractivity (Wildman–Crippen MR) is 73.3 cm³/mol. The molecule has 0 radical (unpaired) electrons. The highest BCUT2D eigenvalue weighted by molar-refractivity contribution is 6.06. The van der Waals surface area contributed by atoms with Crippen LogP contribution in [0.5, 0.6) is 0 Å². The van der Waals surface area contributed by atoms with Gasteiger partial charge in [0.25, 0.3) is 0 Å². The van der Waals surface area contributed by atoms with Gasteiger partial charge < -0.3 is 9.47 Å². The Morgan fingerprint density at radius 2 is 1.95 bits per heavy atom. The van der Waals surface area contributed by atoms with Gasteiger partial charge in [0.05, 0.1) is 6.42 Å². The van der Waals surface area contributed by atoms with Crippen molar-refractivity contribution in [2.75, 3.05) is 0 Å². The van der Waals surface area contributed by atoms with Crippen molar-refractivity contribution in [2.24, 2.45) is 4.99 Å². The Kier molecular flexibility index (Phi) is 3.88. The third-order valence-corrected chi connectivity index (χ3v) is 2.54. The first-order chi connectivity index (χ1) is 9.35. The van der Waals surface area contributed by atoms with Crippen LogP contribution in [0.1, 0.15) is 32.8 Å². The molecular weight excluding hydrogens is 258 g/mol. The van der Waals surface area contributed by atoms with E-state index in [-0.39, 0.29) is 12.3 Å². The van der Waals surface area contributed by atoms with Crippen molar-refractivity contribution < 1.29 is 19.1 Å². The lowest BCUT2D eigenvalue weighted by molar-refractivity contribution is -0.157. The molecule has 1 atom stereocenters. The van der Waals surface area contributed by atoms with Crippen LogP contribution in [0.15, 0.2) is 35.3 Å². The van der Waals surface area contributed by atoms with Crippen LogP contribution in [0.4, 0.5) is 0 Å². The van der Waals surface area contributed by atoms with Crippen molar-refractivity contribution in [1.82, 2.24) is 0 Å². The van der Waals surface area contributed by atoms with Crippen LogP contribution in [0.3, 0.4) is 0 Å². The summed E-state index contributed by atoms with van der Waals surface area (Å²) in [4.78, 5) is 27.6. The summed E-state index contributed by atoms with van der Waals surface area (Å²) >= 11 is 0. The molecule has 0 aliphatic carbocycles. The summed E-state index contributed by atoms with van der Waals surface area (Å²) in [6.07, 6.45) is -0.105. The topological polar surface area (TPSA) is 65.0 Å². The van der Waals surface area contributed by atoms with E-state index in [0.29, 0.717) is 5.56 Å². The number of ether oxygens (including phenoxy) is 2. The second-order valence-electron chi connectivity index (χ2n) is 5.53. The summed E-state index contributed by atoms with van der Waals surface area (Å²) < 4.78 is 10.3. The molecule has 0 spiro atoms. The Bertz CT molecular complexity index is 543. The van der Waals surface area contributed by atoms with Crippen LogP contribution in [-0.2, 0) is 19.1 Å². The molecule has 20 heavy (non-hydrogen) atoms. The van der Waals surface area contributed by atoms with Crippen molar-refractivity contribution in [2.45, 2.75) is 38.8 Å². The number of hydrogen-bond acceptors (Lipinski definition) is 5. The summed E-state index contributed by atoms with van der Waals surface area (Å²) in [7, 11) is 0. The second kappa shape index (κ2) is 5.45. The summed E-state index contributed by atoms with van der Waals surface area (Å²) in [6.45, 7) is 5.32. The van der Waals surface area contributed by atoms with Crippen molar-refractivity contribution in [3.63, 3.8) is 0 Å². The first-order valence-corrected chi connectivity index (χ1v) is 6.42. The maximum Gasteiger partial charge on any atom is 0.338 e. The lowest BCUT2D eigenvalue weighted by Gasteiger charge is -2.19. The molecule has 0 saturated carbocycles. The number of carbonyl (C=O) groups is 2. The number of aliphatic imine (C=N–C) groups is 1. The molecule has 1 aliphatic rings. The number of nitrogens with zero attached hydrogens (tertiary/aromatic N) is 1. The third kappa shape index (κ3) is 3.66. The van der Waals surface area contributed by atoms with Gasteiger partial charge in [0.15, 0.2) is 6.04 Å². The summed E-state index contributed by atoms with van der Waals surface area (Å²) in [5.74, 6) is -0.726. The molecule has 0 N–H and O–H groups in total. The van der Waals surface area contributed by atoms with Gasteiger partial charge in [-0.2, -0.15) is 0 Å². The molecule has 0 fully saturated rings. The van der Waals surface area contributed by atoms with Crippen LogP contribution in [-0.4, -0.2) is 29.5 Å². The van der Waals surface area contributed by atoms with E-state index in [1.807, 2.05) is 18.2 Å². The average molecular weight is 275 g/mol. The number of carbonyl (C=O) groups excluding carboxylic acids is 2. The van der Waals surface area contributed by atoms with Gasteiger partial charge in [-0.15, -0.1) is 0 Å². The minimum absolute atomic E-state index is 0.105. The molecule has 0 saturated heterocycles. The molecule has 1 aliphatic heterocycles. The molecule has 0 aromatic heterocycles. The number of rotatable bonds is 3. The summed E-state index contributed by atoms with van der Waals surface area (Å²) in [5, 5.41) is 0. The number of esters is 2. The number of hydrogen-bond donors (Lipinski definition) is 0. The van der Waals surface area contributed by atoms with Crippen LogP contribution in [0.2, 0.25) is 0 Å². The zero-order valence-electron chi connectivity index (χ0n) is 11.8. The predicted octanol–water partition coefficient (Wildman–Crippen LogP) is 2.09. The van der Waals surface area contributed by atoms with Gasteiger partial charge >= 0.3 is 11.9 Å². The van der Waals surface area contributed by atoms with Gasteiger partial charge in [-0.05, 0) is 32.9 Å². The summed E-state index contributed by atoms with van der Waals surface area (Å²) in [6, 6.07) is 8.28. The molecular formula is C15H17NO4. The molecule has 2 rings (SSSR count). The van der Waals surface area contributed by atoms with E-state index < -0.39 is 23.6 Å². The maximum atomic E-state index is 11.7. The van der Waals surface area contributed by atoms with E-state index in [1.54, 1.807) is 32.9 Å². The van der Waals surface area contributed by atoms with Crippen molar-refractivity contribution in [3.05, 3.63) is 35.9 Å². The van der Waals surface area contributed by atoms with E-state index in [0.717, 1.165) is 0 Å². The fourth-order valence-electron chi connectivity index (χ4n) is 1.77. The normalized spacial score (nSPS) is 18.4. The fourth-order valence-corrected chi connectivity index (χ4v) is 1.77. The average Bonchev–Trinajstić information content (AvgIpc) is 2.70. The monoisotopic (exact) mass is 275 g/mol. The van der Waals surface area contributed by atoms with E-state index in [4.69, 9.17) is 9.47 Å². The molecule has 0 unspecified atom stereocenters. The molecule has 106 valence electrons. The Balaban J connectivity index is 2.05. The number of cyclic esters (lactones) is 1. The molecule has 0 bridgehead atoms. The lowest BCUT2D eigenvalue weighted by Crippen LogP contribution is -2.27. The zero-order chi connectivity index (χ0) is 14.8. The Hall–Kier alpha value is -2.17. The highest BCUT2D eigenvalue weighted by Gasteiger charge is 2.33. The van der Waals surface area contributed by atoms with Crippen molar-refractivity contribution >= 4 is 17.8 Å². The van der Waals surface area contributed by atoms with Crippen LogP contribution >= 0.6 is 0 Å². The maximum absolute atomic E-state index is 11.7. The first kappa shape index (κ1) is 14.2. The van der Waals surface area contributed by atoms with E-state index >= 15 is 0 Å². The Labute approximate surface area is 117 Å². The fraction of sp³-hybridized carbons (Fsp3) is 0.400. The highest BCUT2D eigenvalue weighted by atomic mass is 16.6. The number of benzene rings is 1. The zero-order valence-corrected chi connectivity index (χ0v) is 11.8. The summed E-state index contributed by atoms with van der Waals surface area (Å²) in [5.41, 5.74) is 0.138. The second-order valence-corrected chi connectivity index (χ2v) is 5.53. The molecule has 1 heterocycles. The van der Waals surface area contributed by atoms with Crippen molar-refractivity contribution in [1.29, 1.82) is 0 Å². The molecule has 1 aromatic rings. The molecule has 5 nitrogen and oxygen atoms in total. The van der Waals surface area contributed by atoms with E-state index in [1.165, 1.54) is 0 Å². The van der Waals surface area contributed by atoms with Gasteiger partial charge in [-0.25, -0.2) is 9.79 Å². The van der Waals surface area contributed by atoms with Crippen LogP contribution in [0.25, 0.3) is 0 Å². The van der Waals surface area contributed by atoms with Crippen LogP contribution in [0, 0.1) is 0 Å². The Morgan fingerprint density at radius 3 is 2.55 bits per heavy atom. The largest absolute Gasteiger partial charge is 0.460 e. The van der Waals surface area contributed by atoms with E-state index in [2.05, 4.69) is 4.99 Å². The quantitative estimate of drug-likeness (QED) is 0.792. The van der Waals surface area contributed by atoms with Gasteiger partial charge in [0.2, 0.25) is 5.90 Å². The SMILES string of the molecule is CC(C)(C)OC(=O)C[C@H]1N=C(c2ccccc2)OC1=O. The van der Waals surface area contributed by atoms with Gasteiger partial charge in [0, 0.05) is 5.56 Å². The third-order valence-electron chi connectivity index (χ3n) is 2.54. The highest BCUT2D eigenvalue weighted by Crippen LogP contribution is 2.17. The minimum Gasteiger partial charge on any atom is -0.460 e. The lowest BCUT2D eigenvalue weighted by atomic mass is 10.2. The van der Waals surface area contributed by atoms with Crippen molar-refractivity contribution in [3.8, 4) is 0 Å². The molecule has 1 aromatic carbocycles. The smallest absolute Gasteiger partial charge is 0.338 e. The van der Waals surface area contributed by atoms with E-state index in [9.17, 15) is 9.59 Å². The van der Waals surface area contributed by atoms with Gasteiger partial charge in [-0.3, -0.25) is 4.79 Å². The van der Waals surface area contributed by atoms with Gasteiger partial charge in [0.1, 0.15) is 5.60 Å². The Morgan fingerprint density at radius 1 is 1.30 bits per heavy atom.